The highest BCUT2D eigenvalue weighted by Gasteiger charge is 2.50. The third kappa shape index (κ3) is 2.68. The summed E-state index contributed by atoms with van der Waals surface area (Å²) in [7, 11) is -5.52. The van der Waals surface area contributed by atoms with Gasteiger partial charge in [0, 0.05) is 11.1 Å². The molecule has 2 N–H and O–H groups in total. The highest BCUT2D eigenvalue weighted by molar-refractivity contribution is 7.52. The van der Waals surface area contributed by atoms with Gasteiger partial charge in [-0.3, -0.25) is 4.57 Å². The molecule has 0 amide bonds. The maximum absolute atomic E-state index is 13.3. The minimum atomic E-state index is -5.52. The molecule has 0 unspecified atom stereocenters. The van der Waals surface area contributed by atoms with Crippen molar-refractivity contribution >= 4 is 25.3 Å². The van der Waals surface area contributed by atoms with E-state index in [1.165, 1.54) is 18.2 Å². The average molecular weight is 269 g/mol. The molecule has 0 aliphatic heterocycles. The van der Waals surface area contributed by atoms with E-state index in [4.69, 9.17) is 21.4 Å². The van der Waals surface area contributed by atoms with Gasteiger partial charge in [0.25, 0.3) is 0 Å². The Morgan fingerprint density at radius 3 is 2.50 bits per heavy atom. The molecule has 0 aliphatic carbocycles. The summed E-state index contributed by atoms with van der Waals surface area (Å²) < 4.78 is 37.1. The van der Waals surface area contributed by atoms with Crippen molar-refractivity contribution < 1.29 is 23.1 Å². The molecule has 0 saturated heterocycles. The second-order valence-corrected chi connectivity index (χ2v) is 4.91. The maximum atomic E-state index is 13.3. The summed E-state index contributed by atoms with van der Waals surface area (Å²) in [4.78, 5) is 17.1. The van der Waals surface area contributed by atoms with Gasteiger partial charge in [-0.25, -0.2) is 0 Å². The van der Waals surface area contributed by atoms with Gasteiger partial charge in [0.2, 0.25) is 0 Å². The van der Waals surface area contributed by atoms with E-state index in [0.717, 1.165) is 17.7 Å². The van der Waals surface area contributed by atoms with E-state index in [-0.39, 0.29) is 0 Å². The Morgan fingerprint density at radius 2 is 2.00 bits per heavy atom. The van der Waals surface area contributed by atoms with E-state index in [9.17, 15) is 13.3 Å². The van der Waals surface area contributed by atoms with Gasteiger partial charge in [-0.15, -0.1) is 0 Å². The predicted octanol–water partition coefficient (Wildman–Crippen LogP) is 3.12. The fourth-order valence-electron chi connectivity index (χ4n) is 1.07. The summed E-state index contributed by atoms with van der Waals surface area (Å²) >= 11 is 5.27. The minimum Gasteiger partial charge on any atom is -0.320 e. The molecule has 0 atom stereocenters. The molecule has 7 heteroatoms. The van der Waals surface area contributed by atoms with Crippen molar-refractivity contribution in [3.63, 3.8) is 0 Å². The first-order chi connectivity index (χ1) is 7.29. The monoisotopic (exact) mass is 268 g/mol. The maximum Gasteiger partial charge on any atom is 0.399 e. The first-order valence-corrected chi connectivity index (χ1v) is 6.14. The van der Waals surface area contributed by atoms with E-state index in [1.54, 1.807) is 0 Å². The molecule has 0 heterocycles. The lowest BCUT2D eigenvalue weighted by molar-refractivity contribution is 0.0564. The summed E-state index contributed by atoms with van der Waals surface area (Å²) in [5.74, 6) is 0. The summed E-state index contributed by atoms with van der Waals surface area (Å²) in [6, 6.07) is 4.67. The Kier molecular flexibility index (Phi) is 3.86. The fourth-order valence-corrected chi connectivity index (χ4v) is 1.69. The molecule has 0 radical (unpaired) electrons. The van der Waals surface area contributed by atoms with Crippen LogP contribution in [0.4, 0.5) is 8.78 Å². The van der Waals surface area contributed by atoms with Crippen LogP contribution in [0, 0.1) is 0 Å². The van der Waals surface area contributed by atoms with Crippen molar-refractivity contribution in [2.75, 3.05) is 0 Å². The van der Waals surface area contributed by atoms with Crippen LogP contribution < -0.4 is 0 Å². The van der Waals surface area contributed by atoms with E-state index < -0.39 is 18.8 Å². The molecule has 16 heavy (non-hydrogen) atoms. The molecule has 1 aromatic rings. The van der Waals surface area contributed by atoms with E-state index in [1.807, 2.05) is 0 Å². The van der Waals surface area contributed by atoms with Crippen LogP contribution in [0.2, 0.25) is 0 Å². The molecule has 0 fully saturated rings. The van der Waals surface area contributed by atoms with Crippen LogP contribution >= 0.6 is 19.2 Å². The standard InChI is InChI=1S/C9H8ClF2O3P/c10-5-4-7-2-1-3-8(6-7)9(11,12)16(13,14)15/h1-6H,(H2,13,14,15)/b5-4-. The lowest BCUT2D eigenvalue weighted by Crippen LogP contribution is -2.13. The van der Waals surface area contributed by atoms with Crippen molar-refractivity contribution in [1.29, 1.82) is 0 Å². The highest BCUT2D eigenvalue weighted by atomic mass is 35.5. The second kappa shape index (κ2) is 4.63. The molecule has 3 nitrogen and oxygen atoms in total. The summed E-state index contributed by atoms with van der Waals surface area (Å²) in [5, 5.41) is 0. The van der Waals surface area contributed by atoms with Gasteiger partial charge in [-0.1, -0.05) is 29.8 Å². The molecule has 0 saturated carbocycles. The van der Waals surface area contributed by atoms with Crippen LogP contribution in [-0.2, 0) is 10.2 Å². The van der Waals surface area contributed by atoms with Crippen molar-refractivity contribution in [2.45, 2.75) is 5.66 Å². The minimum absolute atomic E-state index is 0.334. The van der Waals surface area contributed by atoms with Crippen molar-refractivity contribution in [1.82, 2.24) is 0 Å². The van der Waals surface area contributed by atoms with Crippen LogP contribution in [0.25, 0.3) is 6.08 Å². The third-order valence-corrected chi connectivity index (χ3v) is 2.97. The van der Waals surface area contributed by atoms with Crippen LogP contribution in [0.3, 0.4) is 0 Å². The quantitative estimate of drug-likeness (QED) is 0.828. The van der Waals surface area contributed by atoms with Gasteiger partial charge in [0.05, 0.1) is 0 Å². The zero-order valence-electron chi connectivity index (χ0n) is 7.85. The van der Waals surface area contributed by atoms with Gasteiger partial charge >= 0.3 is 13.3 Å². The Bertz CT molecular complexity index is 456. The van der Waals surface area contributed by atoms with Crippen LogP contribution in [0.15, 0.2) is 29.8 Å². The van der Waals surface area contributed by atoms with E-state index >= 15 is 0 Å². The van der Waals surface area contributed by atoms with Gasteiger partial charge in [-0.2, -0.15) is 8.78 Å². The number of rotatable bonds is 3. The highest BCUT2D eigenvalue weighted by Crippen LogP contribution is 2.59. The van der Waals surface area contributed by atoms with Crippen LogP contribution in [-0.4, -0.2) is 9.79 Å². The summed E-state index contributed by atoms with van der Waals surface area (Å²) in [5.41, 5.74) is -3.48. The molecule has 88 valence electrons. The largest absolute Gasteiger partial charge is 0.399 e. The van der Waals surface area contributed by atoms with Crippen LogP contribution in [0.5, 0.6) is 0 Å². The first-order valence-electron chi connectivity index (χ1n) is 4.10. The van der Waals surface area contributed by atoms with Crippen molar-refractivity contribution in [3.05, 3.63) is 40.9 Å². The Balaban J connectivity index is 3.24. The number of halogens is 3. The molecule has 0 aliphatic rings. The fraction of sp³-hybridized carbons (Fsp3) is 0.111. The number of benzene rings is 1. The Morgan fingerprint density at radius 1 is 1.38 bits per heavy atom. The van der Waals surface area contributed by atoms with Crippen LogP contribution in [0.1, 0.15) is 11.1 Å². The van der Waals surface area contributed by atoms with Gasteiger partial charge in [0.15, 0.2) is 0 Å². The molecule has 1 rings (SSSR count). The molecule has 1 aromatic carbocycles. The average Bonchev–Trinajstić information content (AvgIpc) is 2.17. The zero-order valence-corrected chi connectivity index (χ0v) is 9.50. The number of hydrogen-bond acceptors (Lipinski definition) is 1. The lowest BCUT2D eigenvalue weighted by atomic mass is 10.1. The topological polar surface area (TPSA) is 57.5 Å². The van der Waals surface area contributed by atoms with Crippen molar-refractivity contribution in [2.24, 2.45) is 0 Å². The predicted molar refractivity (Wildman–Crippen MR) is 57.3 cm³/mol. The lowest BCUT2D eigenvalue weighted by Gasteiger charge is -2.18. The molecule has 0 aromatic heterocycles. The number of alkyl halides is 2. The Hall–Kier alpha value is -0.740. The van der Waals surface area contributed by atoms with Gasteiger partial charge in [-0.05, 0) is 17.7 Å². The summed E-state index contributed by atoms with van der Waals surface area (Å²) in [6.45, 7) is 0. The number of hydrogen-bond donors (Lipinski definition) is 2. The van der Waals surface area contributed by atoms with E-state index in [0.29, 0.717) is 5.56 Å². The van der Waals surface area contributed by atoms with Gasteiger partial charge < -0.3 is 9.79 Å². The second-order valence-electron chi connectivity index (χ2n) is 3.00. The molecule has 0 spiro atoms. The van der Waals surface area contributed by atoms with Crippen molar-refractivity contribution in [3.8, 4) is 0 Å². The SMILES string of the molecule is O=P(O)(O)C(F)(F)c1cccc(/C=C\Cl)c1. The third-order valence-electron chi connectivity index (χ3n) is 1.86. The first kappa shape index (κ1) is 13.3. The smallest absolute Gasteiger partial charge is 0.320 e. The van der Waals surface area contributed by atoms with Gasteiger partial charge in [0.1, 0.15) is 0 Å². The molecule has 0 bridgehead atoms. The normalized spacial score (nSPS) is 13.3. The zero-order chi connectivity index (χ0) is 12.4. The molecular weight excluding hydrogens is 261 g/mol. The molecular formula is C9H8ClF2O3P. The Labute approximate surface area is 95.5 Å². The summed E-state index contributed by atoms with van der Waals surface area (Å²) in [6.07, 6.45) is 1.33. The van der Waals surface area contributed by atoms with E-state index in [2.05, 4.69) is 0 Å².